The Kier molecular flexibility index (Phi) is 4.72. The normalized spacial score (nSPS) is 9.21. The summed E-state index contributed by atoms with van der Waals surface area (Å²) in [7, 11) is 0. The van der Waals surface area contributed by atoms with Crippen molar-refractivity contribution in [3.8, 4) is 17.2 Å². The van der Waals surface area contributed by atoms with Crippen LogP contribution in [-0.4, -0.2) is 44.2 Å². The fraction of sp³-hybridized carbons (Fsp3) is 0.222. The summed E-state index contributed by atoms with van der Waals surface area (Å²) < 4.78 is 0. The van der Waals surface area contributed by atoms with E-state index in [0.29, 0.717) is 0 Å². The third-order valence-electron chi connectivity index (χ3n) is 1.68. The quantitative estimate of drug-likeness (QED) is 0.499. The van der Waals surface area contributed by atoms with Crippen LogP contribution < -0.4 is 0 Å². The van der Waals surface area contributed by atoms with Gasteiger partial charge in [0.25, 0.3) is 0 Å². The van der Waals surface area contributed by atoms with Crippen molar-refractivity contribution in [2.24, 2.45) is 0 Å². The van der Waals surface area contributed by atoms with Gasteiger partial charge in [0.05, 0.1) is 0 Å². The molecule has 14 heavy (non-hydrogen) atoms. The van der Waals surface area contributed by atoms with E-state index >= 15 is 0 Å². The number of rotatable bonds is 2. The molecule has 4 nitrogen and oxygen atoms in total. The summed E-state index contributed by atoms with van der Waals surface area (Å²) in [6.07, 6.45) is 0.186. The maximum Gasteiger partial charge on any atom is 2.00 e. The number of phenols is 3. The minimum atomic E-state index is -0.399. The molecule has 0 aliphatic heterocycles. The zero-order valence-corrected chi connectivity index (χ0v) is 9.23. The predicted molar refractivity (Wildman–Crippen MR) is 51.8 cm³/mol. The molecule has 70 valence electrons. The van der Waals surface area contributed by atoms with Gasteiger partial charge >= 0.3 is 23.1 Å². The van der Waals surface area contributed by atoms with E-state index in [1.54, 1.807) is 6.92 Å². The molecular formula is C9H10MgO4+2. The molecule has 0 unspecified atom stereocenters. The summed E-state index contributed by atoms with van der Waals surface area (Å²) in [5.41, 5.74) is -0.139. The molecule has 0 atom stereocenters. The second-order valence-corrected chi connectivity index (χ2v) is 2.64. The maximum atomic E-state index is 11.2. The fourth-order valence-corrected chi connectivity index (χ4v) is 1.06. The van der Waals surface area contributed by atoms with Crippen molar-refractivity contribution in [1.82, 2.24) is 0 Å². The van der Waals surface area contributed by atoms with E-state index < -0.39 is 11.5 Å². The topological polar surface area (TPSA) is 77.8 Å². The molecule has 0 saturated heterocycles. The number of benzene rings is 1. The van der Waals surface area contributed by atoms with Gasteiger partial charge in [0, 0.05) is 18.6 Å². The number of hydrogen-bond acceptors (Lipinski definition) is 4. The summed E-state index contributed by atoms with van der Waals surface area (Å²) in [6.45, 7) is 1.62. The maximum absolute atomic E-state index is 11.2. The van der Waals surface area contributed by atoms with Gasteiger partial charge in [-0.15, -0.1) is 0 Å². The van der Waals surface area contributed by atoms with Gasteiger partial charge in [-0.2, -0.15) is 0 Å². The van der Waals surface area contributed by atoms with Gasteiger partial charge in [-0.3, -0.25) is 4.79 Å². The second-order valence-electron chi connectivity index (χ2n) is 2.64. The van der Waals surface area contributed by atoms with Crippen LogP contribution in [0.15, 0.2) is 12.1 Å². The summed E-state index contributed by atoms with van der Waals surface area (Å²) in [5, 5.41) is 27.4. The molecule has 1 rings (SSSR count). The Hall–Kier alpha value is -0.944. The van der Waals surface area contributed by atoms with Crippen LogP contribution in [0, 0.1) is 0 Å². The number of aromatic hydroxyl groups is 3. The average Bonchev–Trinajstić information content (AvgIpc) is 2.02. The standard InChI is InChI=1S/C9H10O4.Mg/c1-2-6(11)9-7(12)3-5(10)4-8(9)13;/h3-4,10,12-13H,2H2,1H3;/q;+2. The Morgan fingerprint density at radius 3 is 2.00 bits per heavy atom. The number of carbonyl (C=O) groups excluding carboxylic acids is 1. The van der Waals surface area contributed by atoms with Crippen molar-refractivity contribution in [2.45, 2.75) is 13.3 Å². The summed E-state index contributed by atoms with van der Waals surface area (Å²) in [6, 6.07) is 2.03. The van der Waals surface area contributed by atoms with Gasteiger partial charge in [0.2, 0.25) is 0 Å². The largest absolute Gasteiger partial charge is 2.00 e. The van der Waals surface area contributed by atoms with Crippen LogP contribution >= 0.6 is 0 Å². The molecule has 1 aromatic rings. The molecule has 0 amide bonds. The van der Waals surface area contributed by atoms with Crippen molar-refractivity contribution in [3.63, 3.8) is 0 Å². The molecule has 3 N–H and O–H groups in total. The first-order chi connectivity index (χ1) is 6.06. The van der Waals surface area contributed by atoms with E-state index in [-0.39, 0.29) is 46.6 Å². The van der Waals surface area contributed by atoms with Crippen LogP contribution in [0.2, 0.25) is 0 Å². The average molecular weight is 206 g/mol. The zero-order valence-electron chi connectivity index (χ0n) is 7.82. The van der Waals surface area contributed by atoms with E-state index in [0.717, 1.165) is 12.1 Å². The van der Waals surface area contributed by atoms with E-state index in [1.165, 1.54) is 0 Å². The Morgan fingerprint density at radius 1 is 1.21 bits per heavy atom. The molecule has 0 aliphatic carbocycles. The molecule has 0 aliphatic rings. The van der Waals surface area contributed by atoms with Crippen molar-refractivity contribution in [2.75, 3.05) is 0 Å². The molecule has 0 aromatic heterocycles. The number of carbonyl (C=O) groups is 1. The Bertz CT molecular complexity index is 326. The number of phenolic OH excluding ortho intramolecular Hbond substituents is 3. The van der Waals surface area contributed by atoms with Crippen molar-refractivity contribution < 1.29 is 20.1 Å². The van der Waals surface area contributed by atoms with E-state index in [1.807, 2.05) is 0 Å². The first-order valence-electron chi connectivity index (χ1n) is 3.84. The van der Waals surface area contributed by atoms with Crippen molar-refractivity contribution in [3.05, 3.63) is 17.7 Å². The molecular weight excluding hydrogens is 196 g/mol. The Morgan fingerprint density at radius 2 is 1.64 bits per heavy atom. The number of Topliss-reactive ketones (excluding diaryl/α,β-unsaturated/α-hetero) is 1. The summed E-state index contributed by atoms with van der Waals surface area (Å²) in [4.78, 5) is 11.2. The molecule has 0 heterocycles. The zero-order chi connectivity index (χ0) is 10.0. The Balaban J connectivity index is 0.00000169. The minimum absolute atomic E-state index is 0. The van der Waals surface area contributed by atoms with Gasteiger partial charge in [0.1, 0.15) is 22.8 Å². The molecule has 0 bridgehead atoms. The molecule has 0 saturated carbocycles. The summed E-state index contributed by atoms with van der Waals surface area (Å²) >= 11 is 0. The van der Waals surface area contributed by atoms with Crippen LogP contribution in [0.1, 0.15) is 23.7 Å². The minimum Gasteiger partial charge on any atom is -0.508 e. The smallest absolute Gasteiger partial charge is 0.508 e. The van der Waals surface area contributed by atoms with Crippen LogP contribution in [0.4, 0.5) is 0 Å². The third-order valence-corrected chi connectivity index (χ3v) is 1.68. The second kappa shape index (κ2) is 5.07. The molecule has 1 aromatic carbocycles. The SMILES string of the molecule is CCC(=O)c1c(O)cc(O)cc1O.[Mg+2]. The van der Waals surface area contributed by atoms with Gasteiger partial charge in [-0.1, -0.05) is 6.92 Å². The monoisotopic (exact) mass is 206 g/mol. The van der Waals surface area contributed by atoms with Gasteiger partial charge in [0.15, 0.2) is 5.78 Å². The molecule has 5 heteroatoms. The van der Waals surface area contributed by atoms with E-state index in [4.69, 9.17) is 5.11 Å². The first-order valence-corrected chi connectivity index (χ1v) is 3.84. The van der Waals surface area contributed by atoms with Crippen LogP contribution in [0.25, 0.3) is 0 Å². The van der Waals surface area contributed by atoms with Crippen molar-refractivity contribution >= 4 is 28.8 Å². The number of hydrogen-bond donors (Lipinski definition) is 3. The number of ketones is 1. The Labute approximate surface area is 97.3 Å². The van der Waals surface area contributed by atoms with Crippen LogP contribution in [0.5, 0.6) is 17.2 Å². The molecule has 0 spiro atoms. The summed E-state index contributed by atoms with van der Waals surface area (Å²) in [5.74, 6) is -1.44. The van der Waals surface area contributed by atoms with Gasteiger partial charge < -0.3 is 15.3 Å². The van der Waals surface area contributed by atoms with E-state index in [9.17, 15) is 15.0 Å². The molecule has 0 radical (unpaired) electrons. The van der Waals surface area contributed by atoms with Crippen LogP contribution in [-0.2, 0) is 0 Å². The van der Waals surface area contributed by atoms with Gasteiger partial charge in [-0.25, -0.2) is 0 Å². The van der Waals surface area contributed by atoms with E-state index in [2.05, 4.69) is 0 Å². The van der Waals surface area contributed by atoms with Gasteiger partial charge in [-0.05, 0) is 0 Å². The first kappa shape index (κ1) is 13.1. The fourth-order valence-electron chi connectivity index (χ4n) is 1.06. The van der Waals surface area contributed by atoms with Crippen LogP contribution in [0.3, 0.4) is 0 Å². The molecule has 0 fully saturated rings. The predicted octanol–water partition coefficient (Wildman–Crippen LogP) is 1.02. The third kappa shape index (κ3) is 2.52. The van der Waals surface area contributed by atoms with Crippen molar-refractivity contribution in [1.29, 1.82) is 0 Å².